The molecule has 0 bridgehead atoms. The Bertz CT molecular complexity index is 312. The molecule has 15 heavy (non-hydrogen) atoms. The van der Waals surface area contributed by atoms with Crippen LogP contribution in [-0.2, 0) is 4.74 Å². The maximum absolute atomic E-state index is 8.32. The van der Waals surface area contributed by atoms with Crippen LogP contribution in [0.5, 0.6) is 0 Å². The van der Waals surface area contributed by atoms with Crippen molar-refractivity contribution in [1.29, 1.82) is 0 Å². The van der Waals surface area contributed by atoms with Crippen LogP contribution in [0.3, 0.4) is 0 Å². The molecule has 0 amide bonds. The van der Waals surface area contributed by atoms with Crippen LogP contribution in [0.15, 0.2) is 35.5 Å². The molecule has 0 spiro atoms. The number of nitrogens with zero attached hydrogens (tertiary/aromatic N) is 1. The maximum Gasteiger partial charge on any atom is 0.141 e. The fraction of sp³-hybridized carbons (Fsp3) is 0.364. The molecule has 0 heterocycles. The van der Waals surface area contributed by atoms with Crippen LogP contribution in [-0.4, -0.2) is 17.6 Å². The first kappa shape index (κ1) is 11.5. The van der Waals surface area contributed by atoms with Gasteiger partial charge in [0.1, 0.15) is 5.84 Å². The quantitative estimate of drug-likeness (QED) is 0.336. The first-order valence-corrected chi connectivity index (χ1v) is 4.87. The van der Waals surface area contributed by atoms with E-state index in [1.165, 1.54) is 0 Å². The summed E-state index contributed by atoms with van der Waals surface area (Å²) in [4.78, 5) is 0. The Morgan fingerprint density at radius 1 is 1.47 bits per heavy atom. The number of ether oxygens (including phenoxy) is 1. The van der Waals surface area contributed by atoms with E-state index in [0.717, 1.165) is 5.56 Å². The lowest BCUT2D eigenvalue weighted by atomic mass is 10.1. The fourth-order valence-electron chi connectivity index (χ4n) is 1.21. The lowest BCUT2D eigenvalue weighted by Crippen LogP contribution is -2.15. The van der Waals surface area contributed by atoms with Crippen molar-refractivity contribution in [2.24, 2.45) is 10.9 Å². The highest BCUT2D eigenvalue weighted by Crippen LogP contribution is 2.15. The number of rotatable bonds is 5. The third kappa shape index (κ3) is 3.99. The Balaban J connectivity index is 2.34. The van der Waals surface area contributed by atoms with Gasteiger partial charge in [-0.2, -0.15) is 0 Å². The molecule has 4 nitrogen and oxygen atoms in total. The number of hydrogen-bond donors (Lipinski definition) is 2. The minimum absolute atomic E-state index is 0.0256. The lowest BCUT2D eigenvalue weighted by molar-refractivity contribution is 0.0707. The zero-order chi connectivity index (χ0) is 11.1. The van der Waals surface area contributed by atoms with E-state index in [2.05, 4.69) is 5.16 Å². The van der Waals surface area contributed by atoms with Crippen molar-refractivity contribution in [3.8, 4) is 0 Å². The van der Waals surface area contributed by atoms with Gasteiger partial charge < -0.3 is 15.7 Å². The Kier molecular flexibility index (Phi) is 4.63. The van der Waals surface area contributed by atoms with Crippen molar-refractivity contribution in [1.82, 2.24) is 0 Å². The molecule has 1 atom stereocenters. The van der Waals surface area contributed by atoms with Gasteiger partial charge in [0.15, 0.2) is 0 Å². The average molecular weight is 208 g/mol. The van der Waals surface area contributed by atoms with Gasteiger partial charge in [-0.05, 0) is 12.5 Å². The van der Waals surface area contributed by atoms with Crippen LogP contribution in [0.25, 0.3) is 0 Å². The van der Waals surface area contributed by atoms with Gasteiger partial charge in [0.2, 0.25) is 0 Å². The Morgan fingerprint density at radius 3 is 2.73 bits per heavy atom. The molecule has 1 rings (SSSR count). The Morgan fingerprint density at radius 2 is 2.13 bits per heavy atom. The molecule has 1 aromatic rings. The molecule has 0 saturated carbocycles. The summed E-state index contributed by atoms with van der Waals surface area (Å²) < 4.78 is 5.53. The van der Waals surface area contributed by atoms with Crippen molar-refractivity contribution in [3.63, 3.8) is 0 Å². The van der Waals surface area contributed by atoms with Gasteiger partial charge in [-0.15, -0.1) is 0 Å². The summed E-state index contributed by atoms with van der Waals surface area (Å²) in [5.41, 5.74) is 6.44. The van der Waals surface area contributed by atoms with Crippen molar-refractivity contribution in [2.45, 2.75) is 19.4 Å². The van der Waals surface area contributed by atoms with Gasteiger partial charge in [-0.25, -0.2) is 0 Å². The van der Waals surface area contributed by atoms with Crippen LogP contribution in [0, 0.1) is 0 Å². The second-order valence-corrected chi connectivity index (χ2v) is 3.27. The highest BCUT2D eigenvalue weighted by atomic mass is 16.5. The molecular weight excluding hydrogens is 192 g/mol. The molecule has 3 N–H and O–H groups in total. The van der Waals surface area contributed by atoms with E-state index in [4.69, 9.17) is 15.7 Å². The molecule has 82 valence electrons. The van der Waals surface area contributed by atoms with Gasteiger partial charge in [-0.3, -0.25) is 0 Å². The third-order valence-corrected chi connectivity index (χ3v) is 2.12. The van der Waals surface area contributed by atoms with Gasteiger partial charge in [0.05, 0.1) is 12.7 Å². The van der Waals surface area contributed by atoms with Crippen LogP contribution in [0.1, 0.15) is 25.0 Å². The molecule has 0 aliphatic heterocycles. The van der Waals surface area contributed by atoms with E-state index < -0.39 is 0 Å². The second kappa shape index (κ2) is 6.03. The number of hydrogen-bond acceptors (Lipinski definition) is 3. The molecule has 0 aromatic heterocycles. The van der Waals surface area contributed by atoms with E-state index in [9.17, 15) is 0 Å². The summed E-state index contributed by atoms with van der Waals surface area (Å²) in [5.74, 6) is 0.190. The smallest absolute Gasteiger partial charge is 0.141 e. The van der Waals surface area contributed by atoms with Gasteiger partial charge in [0.25, 0.3) is 0 Å². The molecule has 0 aliphatic carbocycles. The summed E-state index contributed by atoms with van der Waals surface area (Å²) in [6.07, 6.45) is 0.464. The monoisotopic (exact) mass is 208 g/mol. The predicted octanol–water partition coefficient (Wildman–Crippen LogP) is 1.90. The van der Waals surface area contributed by atoms with Crippen LogP contribution in [0.2, 0.25) is 0 Å². The molecule has 0 saturated heterocycles. The summed E-state index contributed by atoms with van der Waals surface area (Å²) in [5, 5.41) is 11.2. The maximum atomic E-state index is 8.32. The highest BCUT2D eigenvalue weighted by Gasteiger charge is 2.04. The van der Waals surface area contributed by atoms with Crippen LogP contribution >= 0.6 is 0 Å². The molecule has 0 radical (unpaired) electrons. The second-order valence-electron chi connectivity index (χ2n) is 3.27. The number of benzene rings is 1. The molecule has 4 heteroatoms. The molecule has 0 fully saturated rings. The summed E-state index contributed by atoms with van der Waals surface area (Å²) >= 11 is 0. The van der Waals surface area contributed by atoms with Crippen LogP contribution in [0.4, 0.5) is 0 Å². The summed E-state index contributed by atoms with van der Waals surface area (Å²) in [7, 11) is 0. The molecule has 1 aromatic carbocycles. The lowest BCUT2D eigenvalue weighted by Gasteiger charge is -2.12. The topological polar surface area (TPSA) is 67.8 Å². The number of oxime groups is 1. The Labute approximate surface area is 89.4 Å². The normalized spacial score (nSPS) is 13.8. The van der Waals surface area contributed by atoms with E-state index >= 15 is 0 Å². The first-order valence-electron chi connectivity index (χ1n) is 4.87. The van der Waals surface area contributed by atoms with Crippen molar-refractivity contribution >= 4 is 5.84 Å². The average Bonchev–Trinajstić information content (AvgIpc) is 2.29. The van der Waals surface area contributed by atoms with Crippen molar-refractivity contribution < 1.29 is 9.94 Å². The standard InChI is InChI=1S/C11H16N2O2/c1-9(10-5-3-2-4-6-10)15-8-7-11(12)13-14/h2-6,9,14H,7-8H2,1H3,(H2,12,13). The highest BCUT2D eigenvalue weighted by molar-refractivity contribution is 5.79. The number of amidine groups is 1. The zero-order valence-corrected chi connectivity index (χ0v) is 8.76. The predicted molar refractivity (Wildman–Crippen MR) is 58.8 cm³/mol. The van der Waals surface area contributed by atoms with Crippen molar-refractivity contribution in [3.05, 3.63) is 35.9 Å². The van der Waals surface area contributed by atoms with Crippen molar-refractivity contribution in [2.75, 3.05) is 6.61 Å². The van der Waals surface area contributed by atoms with Gasteiger partial charge >= 0.3 is 0 Å². The molecule has 1 unspecified atom stereocenters. The summed E-state index contributed by atoms with van der Waals surface area (Å²) in [6.45, 7) is 2.42. The van der Waals surface area contributed by atoms with E-state index in [0.29, 0.717) is 13.0 Å². The van der Waals surface area contributed by atoms with E-state index in [1.807, 2.05) is 37.3 Å². The third-order valence-electron chi connectivity index (χ3n) is 2.12. The van der Waals surface area contributed by atoms with Crippen LogP contribution < -0.4 is 5.73 Å². The fourth-order valence-corrected chi connectivity index (χ4v) is 1.21. The zero-order valence-electron chi connectivity index (χ0n) is 8.76. The summed E-state index contributed by atoms with van der Waals surface area (Å²) in [6, 6.07) is 9.92. The van der Waals surface area contributed by atoms with E-state index in [1.54, 1.807) is 0 Å². The SMILES string of the molecule is CC(OCC/C(N)=N/O)c1ccccc1. The van der Waals surface area contributed by atoms with Gasteiger partial charge in [-0.1, -0.05) is 35.5 Å². The number of nitrogens with two attached hydrogens (primary N) is 1. The van der Waals surface area contributed by atoms with Gasteiger partial charge in [0, 0.05) is 6.42 Å². The Hall–Kier alpha value is -1.55. The minimum Gasteiger partial charge on any atom is -0.409 e. The minimum atomic E-state index is 0.0256. The molecular formula is C11H16N2O2. The largest absolute Gasteiger partial charge is 0.409 e. The first-order chi connectivity index (χ1) is 7.24. The molecule has 0 aliphatic rings. The van der Waals surface area contributed by atoms with E-state index in [-0.39, 0.29) is 11.9 Å².